The number of esters is 1. The van der Waals surface area contributed by atoms with Gasteiger partial charge in [0.15, 0.2) is 0 Å². The number of aliphatic carboxylic acids is 2. The van der Waals surface area contributed by atoms with Crippen molar-refractivity contribution in [2.24, 2.45) is 5.92 Å². The third-order valence-electron chi connectivity index (χ3n) is 13.6. The zero-order valence-electron chi connectivity index (χ0n) is 44.6. The Kier molecular flexibility index (Phi) is 24.8. The van der Waals surface area contributed by atoms with Crippen molar-refractivity contribution in [1.82, 2.24) is 46.7 Å². The molecule has 9 atom stereocenters. The number of hydrogen-bond donors (Lipinski definition) is 10. The number of carbonyl (C=O) groups excluding carboxylic acids is 8. The Labute approximate surface area is 443 Å². The van der Waals surface area contributed by atoms with Gasteiger partial charge < -0.3 is 61.4 Å². The Balaban J connectivity index is 1.55. The van der Waals surface area contributed by atoms with Crippen molar-refractivity contribution in [2.45, 2.75) is 185 Å². The largest absolute Gasteiger partial charge is 0.481 e. The van der Waals surface area contributed by atoms with Crippen molar-refractivity contribution in [1.29, 1.82) is 0 Å². The minimum atomic E-state index is -1.54. The molecule has 1 aromatic carbocycles. The molecule has 9 unspecified atom stereocenters. The van der Waals surface area contributed by atoms with Crippen molar-refractivity contribution in [3.05, 3.63) is 48.2 Å². The topological polar surface area (TPSA) is 335 Å². The molecule has 4 rings (SSSR count). The molecule has 0 aliphatic carbocycles. The number of aromatic nitrogens is 1. The molecule has 420 valence electrons. The number of unbranched alkanes of at least 4 members (excludes halogenated alkanes) is 2. The first-order valence-corrected chi connectivity index (χ1v) is 26.5. The molecular weight excluding hydrogens is 987 g/mol. The Morgan fingerprint density at radius 1 is 0.750 bits per heavy atom. The van der Waals surface area contributed by atoms with Crippen molar-refractivity contribution in [3.8, 4) is 0 Å². The van der Waals surface area contributed by atoms with Crippen LogP contribution in [0.3, 0.4) is 0 Å². The number of rotatable bonds is 31. The number of amides is 7. The molecule has 2 aliphatic rings. The van der Waals surface area contributed by atoms with Gasteiger partial charge in [-0.1, -0.05) is 77.7 Å². The van der Waals surface area contributed by atoms with Crippen LogP contribution in [0, 0.1) is 5.92 Å². The number of likely N-dealkylation sites (tertiary alicyclic amines) is 2. The molecule has 76 heavy (non-hydrogen) atoms. The maximum Gasteiger partial charge on any atom is 0.330 e. The van der Waals surface area contributed by atoms with Crippen LogP contribution in [0.25, 0.3) is 10.9 Å². The summed E-state index contributed by atoms with van der Waals surface area (Å²) in [6.07, 6.45) is 6.35. The second-order valence-electron chi connectivity index (χ2n) is 20.0. The minimum absolute atomic E-state index is 0.0534. The van der Waals surface area contributed by atoms with Gasteiger partial charge in [0.25, 0.3) is 0 Å². The van der Waals surface area contributed by atoms with Crippen LogP contribution in [0.1, 0.15) is 130 Å². The van der Waals surface area contributed by atoms with E-state index in [1.54, 1.807) is 6.20 Å². The molecule has 0 bridgehead atoms. The number of allylic oxidation sites excluding steroid dienone is 1. The summed E-state index contributed by atoms with van der Waals surface area (Å²) < 4.78 is 4.62. The van der Waals surface area contributed by atoms with E-state index in [0.29, 0.717) is 38.5 Å². The van der Waals surface area contributed by atoms with Crippen LogP contribution >= 0.6 is 0 Å². The van der Waals surface area contributed by atoms with Crippen LogP contribution in [-0.4, -0.2) is 164 Å². The van der Waals surface area contributed by atoms with Crippen molar-refractivity contribution >= 4 is 70.2 Å². The number of carbonyl (C=O) groups is 10. The normalized spacial score (nSPS) is 18.3. The zero-order valence-corrected chi connectivity index (χ0v) is 44.6. The quantitative estimate of drug-likeness (QED) is 0.0293. The smallest absolute Gasteiger partial charge is 0.330 e. The maximum atomic E-state index is 14.7. The van der Waals surface area contributed by atoms with Gasteiger partial charge in [-0.3, -0.25) is 43.7 Å². The molecule has 3 heterocycles. The van der Waals surface area contributed by atoms with E-state index in [0.717, 1.165) is 29.5 Å². The lowest BCUT2D eigenvalue weighted by Gasteiger charge is -2.34. The van der Waals surface area contributed by atoms with E-state index >= 15 is 0 Å². The van der Waals surface area contributed by atoms with Gasteiger partial charge in [-0.15, -0.1) is 0 Å². The molecule has 2 fully saturated rings. The monoisotopic (exact) mass is 1070 g/mol. The van der Waals surface area contributed by atoms with Gasteiger partial charge in [0, 0.05) is 49.6 Å². The fourth-order valence-corrected chi connectivity index (χ4v) is 9.66. The lowest BCUT2D eigenvalue weighted by molar-refractivity contribution is -0.149. The van der Waals surface area contributed by atoms with Gasteiger partial charge in [0.05, 0.1) is 25.6 Å². The highest BCUT2D eigenvalue weighted by Gasteiger charge is 2.42. The standard InChI is InChI=1S/C53H79N9O14/c1-7-9-18-36(56-47(68)38(21-13-14-24-45(66)76-6)58-49(70)39(29-44(64)65)55-32(5)63)46(67)57-37(19-10-8-2)48(69)59-40(27-31(3)4)51(72)61-25-15-22-42(61)50(71)60-41(52(73)62-26-16-23-43(62)53(74)75)28-33-30-54-35-20-12-11-17-34(33)35/h11-12,14,17,20,24,30-31,36-43,48,54,59,69H,7-10,13,15-16,18-19,21-23,25-29H2,1-6H3,(H,55,63)(H,56,68)(H,57,67)(H,58,70)(H,60,71)(H,64,65)(H,74,75). The van der Waals surface area contributed by atoms with Crippen LogP contribution in [-0.2, 0) is 59.1 Å². The second kappa shape index (κ2) is 30.6. The van der Waals surface area contributed by atoms with Gasteiger partial charge in [-0.25, -0.2) is 9.59 Å². The van der Waals surface area contributed by atoms with Crippen LogP contribution in [0.4, 0.5) is 0 Å². The van der Waals surface area contributed by atoms with Crippen LogP contribution in [0.5, 0.6) is 0 Å². The second-order valence-corrected chi connectivity index (χ2v) is 20.0. The number of fused-ring (bicyclic) bond motifs is 1. The molecule has 23 heteroatoms. The van der Waals surface area contributed by atoms with E-state index < -0.39 is 120 Å². The number of methoxy groups -OCH3 is 1. The van der Waals surface area contributed by atoms with Crippen LogP contribution < -0.4 is 31.9 Å². The Morgan fingerprint density at radius 2 is 1.34 bits per heavy atom. The van der Waals surface area contributed by atoms with Crippen molar-refractivity contribution in [2.75, 3.05) is 20.2 Å². The summed E-state index contributed by atoms with van der Waals surface area (Å²) in [5.74, 6) is -8.06. The number of hydrogen-bond acceptors (Lipinski definition) is 13. The fraction of sp³-hybridized carbons (Fsp3) is 0.623. The lowest BCUT2D eigenvalue weighted by atomic mass is 10.00. The van der Waals surface area contributed by atoms with E-state index in [1.165, 1.54) is 23.0 Å². The highest BCUT2D eigenvalue weighted by molar-refractivity contribution is 5.97. The predicted octanol–water partition coefficient (Wildman–Crippen LogP) is 1.91. The summed E-state index contributed by atoms with van der Waals surface area (Å²) in [6.45, 7) is 9.08. The minimum Gasteiger partial charge on any atom is -0.481 e. The summed E-state index contributed by atoms with van der Waals surface area (Å²) in [7, 11) is 1.18. The summed E-state index contributed by atoms with van der Waals surface area (Å²) in [5, 5.41) is 48.4. The number of H-pyrrole nitrogens is 1. The number of nitrogens with zero attached hydrogens (tertiary/aromatic N) is 2. The maximum absolute atomic E-state index is 14.7. The van der Waals surface area contributed by atoms with E-state index in [2.05, 4.69) is 41.6 Å². The molecule has 1 aromatic heterocycles. The van der Waals surface area contributed by atoms with E-state index in [1.807, 2.05) is 52.0 Å². The Bertz CT molecular complexity index is 2360. The summed E-state index contributed by atoms with van der Waals surface area (Å²) in [6, 6.07) is -1.91. The van der Waals surface area contributed by atoms with E-state index in [9.17, 15) is 63.3 Å². The lowest BCUT2D eigenvalue weighted by Crippen LogP contribution is -2.61. The van der Waals surface area contributed by atoms with Gasteiger partial charge in [-0.05, 0) is 75.3 Å². The summed E-state index contributed by atoms with van der Waals surface area (Å²) >= 11 is 0. The average Bonchev–Trinajstić information content (AvgIpc) is 4.17. The number of aromatic amines is 1. The third-order valence-corrected chi connectivity index (χ3v) is 13.6. The van der Waals surface area contributed by atoms with Gasteiger partial charge in [0.2, 0.25) is 41.4 Å². The summed E-state index contributed by atoms with van der Waals surface area (Å²) in [4.78, 5) is 138. The number of nitrogens with one attached hydrogen (secondary N) is 7. The molecule has 7 amide bonds. The van der Waals surface area contributed by atoms with Crippen molar-refractivity contribution in [3.63, 3.8) is 0 Å². The first-order chi connectivity index (χ1) is 36.2. The number of aliphatic hydroxyl groups is 1. The highest BCUT2D eigenvalue weighted by Crippen LogP contribution is 2.25. The van der Waals surface area contributed by atoms with Gasteiger partial charge in [0.1, 0.15) is 42.5 Å². The van der Waals surface area contributed by atoms with Crippen LogP contribution in [0.15, 0.2) is 42.6 Å². The summed E-state index contributed by atoms with van der Waals surface area (Å²) in [5.41, 5.74) is 1.56. The van der Waals surface area contributed by atoms with E-state index in [4.69, 9.17) is 0 Å². The molecular formula is C53H79N9O14. The first-order valence-electron chi connectivity index (χ1n) is 26.5. The number of ether oxygens (including phenoxy) is 1. The van der Waals surface area contributed by atoms with Gasteiger partial charge >= 0.3 is 17.9 Å². The first kappa shape index (κ1) is 61.7. The number of benzene rings is 1. The number of carboxylic acids is 2. The Hall–Kier alpha value is -6.88. The molecule has 10 N–H and O–H groups in total. The fourth-order valence-electron chi connectivity index (χ4n) is 9.66. The Morgan fingerprint density at radius 3 is 1.96 bits per heavy atom. The zero-order chi connectivity index (χ0) is 56.1. The third kappa shape index (κ3) is 18.4. The van der Waals surface area contributed by atoms with E-state index in [-0.39, 0.29) is 70.4 Å². The molecule has 2 saturated heterocycles. The molecule has 0 spiro atoms. The molecule has 0 saturated carbocycles. The average molecular weight is 1070 g/mol. The van der Waals surface area contributed by atoms with Gasteiger partial charge in [-0.2, -0.15) is 0 Å². The molecule has 23 nitrogen and oxygen atoms in total. The molecule has 0 radical (unpaired) electrons. The van der Waals surface area contributed by atoms with Crippen LogP contribution in [0.2, 0.25) is 0 Å². The number of para-hydroxylation sites is 1. The molecule has 2 aliphatic heterocycles. The number of aliphatic hydroxyl groups excluding tert-OH is 1. The highest BCUT2D eigenvalue weighted by atomic mass is 16.5. The predicted molar refractivity (Wildman–Crippen MR) is 279 cm³/mol. The number of carboxylic acid groups (broad SMARTS) is 2. The SMILES string of the molecule is CCCCC(NC(=O)C(CCC=CC(=O)OC)NC(=O)C(CC(=O)O)NC(C)=O)C(=O)NC(CCCC)C(O)NC(CC(C)C)C(=O)N1CCCC1C(=O)NC(Cc1c[nH]c2ccccc12)C(=O)N1CCCC1C(=O)O. The van der Waals surface area contributed by atoms with Crippen molar-refractivity contribution < 1.29 is 68.0 Å². The molecule has 2 aromatic rings.